The standard InChI is InChI=1S/C15H20ClNO3/c1-15(2,3)12-8-10(9-13(16)17-12)14(18)20-11-4-6-19-7-5-11/h8-9,11H,4-7H2,1-3H3. The smallest absolute Gasteiger partial charge is 0.338 e. The van der Waals surface area contributed by atoms with Gasteiger partial charge in [-0.2, -0.15) is 0 Å². The first-order chi connectivity index (χ1) is 9.36. The van der Waals surface area contributed by atoms with Gasteiger partial charge in [0.25, 0.3) is 0 Å². The third-order valence-electron chi connectivity index (χ3n) is 3.24. The number of hydrogen-bond acceptors (Lipinski definition) is 4. The predicted octanol–water partition coefficient (Wildman–Crippen LogP) is 3.37. The maximum absolute atomic E-state index is 12.2. The first kappa shape index (κ1) is 15.3. The van der Waals surface area contributed by atoms with Crippen LogP contribution in [0.15, 0.2) is 12.1 Å². The van der Waals surface area contributed by atoms with Crippen molar-refractivity contribution < 1.29 is 14.3 Å². The van der Waals surface area contributed by atoms with Gasteiger partial charge in [0.05, 0.1) is 18.8 Å². The van der Waals surface area contributed by atoms with Gasteiger partial charge in [-0.3, -0.25) is 0 Å². The molecule has 2 heterocycles. The number of carbonyl (C=O) groups excluding carboxylic acids is 1. The van der Waals surface area contributed by atoms with E-state index in [0.717, 1.165) is 18.5 Å². The maximum Gasteiger partial charge on any atom is 0.338 e. The topological polar surface area (TPSA) is 48.4 Å². The Morgan fingerprint density at radius 3 is 2.60 bits per heavy atom. The molecule has 0 atom stereocenters. The first-order valence-electron chi connectivity index (χ1n) is 6.83. The van der Waals surface area contributed by atoms with E-state index in [0.29, 0.717) is 23.9 Å². The van der Waals surface area contributed by atoms with Crippen molar-refractivity contribution in [3.05, 3.63) is 28.5 Å². The molecule has 0 N–H and O–H groups in total. The Bertz CT molecular complexity index is 490. The molecule has 1 fully saturated rings. The summed E-state index contributed by atoms with van der Waals surface area (Å²) in [5, 5.41) is 0.316. The zero-order valence-corrected chi connectivity index (χ0v) is 12.9. The number of pyridine rings is 1. The summed E-state index contributed by atoms with van der Waals surface area (Å²) in [5.41, 5.74) is 1.07. The number of rotatable bonds is 2. The van der Waals surface area contributed by atoms with Gasteiger partial charge in [-0.1, -0.05) is 32.4 Å². The molecule has 20 heavy (non-hydrogen) atoms. The van der Waals surface area contributed by atoms with Crippen molar-refractivity contribution in [2.24, 2.45) is 0 Å². The highest BCUT2D eigenvalue weighted by Crippen LogP contribution is 2.24. The molecule has 1 aromatic rings. The van der Waals surface area contributed by atoms with E-state index >= 15 is 0 Å². The molecule has 110 valence electrons. The molecule has 0 radical (unpaired) electrons. The molecule has 5 heteroatoms. The summed E-state index contributed by atoms with van der Waals surface area (Å²) in [6, 6.07) is 3.31. The molecule has 0 aliphatic carbocycles. The number of esters is 1. The van der Waals surface area contributed by atoms with Gasteiger partial charge in [0.2, 0.25) is 0 Å². The lowest BCUT2D eigenvalue weighted by Crippen LogP contribution is -2.26. The zero-order valence-electron chi connectivity index (χ0n) is 12.1. The molecule has 0 bridgehead atoms. The molecule has 4 nitrogen and oxygen atoms in total. The Labute approximate surface area is 124 Å². The SMILES string of the molecule is CC(C)(C)c1cc(C(=O)OC2CCOCC2)cc(Cl)n1. The third kappa shape index (κ3) is 3.93. The van der Waals surface area contributed by atoms with E-state index in [1.165, 1.54) is 0 Å². The fraction of sp³-hybridized carbons (Fsp3) is 0.600. The van der Waals surface area contributed by atoms with E-state index in [9.17, 15) is 4.79 Å². The minimum absolute atomic E-state index is 0.0683. The van der Waals surface area contributed by atoms with Crippen LogP contribution >= 0.6 is 11.6 Å². The normalized spacial score (nSPS) is 17.0. The molecule has 0 amide bonds. The summed E-state index contributed by atoms with van der Waals surface area (Å²) in [6.07, 6.45) is 1.43. The molecule has 2 rings (SSSR count). The van der Waals surface area contributed by atoms with E-state index in [1.54, 1.807) is 12.1 Å². The molecular formula is C15H20ClNO3. The van der Waals surface area contributed by atoms with E-state index < -0.39 is 0 Å². The van der Waals surface area contributed by atoms with Crippen molar-refractivity contribution in [2.75, 3.05) is 13.2 Å². The second-order valence-corrected chi connectivity index (χ2v) is 6.42. The van der Waals surface area contributed by atoms with Gasteiger partial charge < -0.3 is 9.47 Å². The minimum atomic E-state index is -0.341. The quantitative estimate of drug-likeness (QED) is 0.620. The van der Waals surface area contributed by atoms with Crippen LogP contribution < -0.4 is 0 Å². The number of ether oxygens (including phenoxy) is 2. The molecule has 0 saturated carbocycles. The summed E-state index contributed by atoms with van der Waals surface area (Å²) < 4.78 is 10.7. The van der Waals surface area contributed by atoms with Gasteiger partial charge >= 0.3 is 5.97 Å². The molecule has 0 spiro atoms. The summed E-state index contributed by atoms with van der Waals surface area (Å²) in [7, 11) is 0. The van der Waals surface area contributed by atoms with Gasteiger partial charge in [0.1, 0.15) is 11.3 Å². The number of aromatic nitrogens is 1. The average molecular weight is 298 g/mol. The molecule has 1 saturated heterocycles. The lowest BCUT2D eigenvalue weighted by molar-refractivity contribution is -0.0159. The molecule has 1 aromatic heterocycles. The van der Waals surface area contributed by atoms with E-state index in [1.807, 2.05) is 20.8 Å². The van der Waals surface area contributed by atoms with Gasteiger partial charge in [-0.15, -0.1) is 0 Å². The number of nitrogens with zero attached hydrogens (tertiary/aromatic N) is 1. The Morgan fingerprint density at radius 1 is 1.35 bits per heavy atom. The Kier molecular flexibility index (Phi) is 4.66. The first-order valence-corrected chi connectivity index (χ1v) is 7.21. The number of hydrogen-bond donors (Lipinski definition) is 0. The fourth-order valence-electron chi connectivity index (χ4n) is 2.01. The van der Waals surface area contributed by atoms with E-state index in [-0.39, 0.29) is 17.5 Å². The lowest BCUT2D eigenvalue weighted by Gasteiger charge is -2.23. The van der Waals surface area contributed by atoms with Crippen LogP contribution in [-0.4, -0.2) is 30.3 Å². The highest BCUT2D eigenvalue weighted by atomic mass is 35.5. The van der Waals surface area contributed by atoms with E-state index in [2.05, 4.69) is 4.98 Å². The van der Waals surface area contributed by atoms with Gasteiger partial charge in [-0.25, -0.2) is 9.78 Å². The fourth-order valence-corrected chi connectivity index (χ4v) is 2.22. The Balaban J connectivity index is 2.14. The van der Waals surface area contributed by atoms with Crippen molar-refractivity contribution in [1.29, 1.82) is 0 Å². The molecule has 0 unspecified atom stereocenters. The number of carbonyl (C=O) groups is 1. The lowest BCUT2D eigenvalue weighted by atomic mass is 9.91. The van der Waals surface area contributed by atoms with Crippen LogP contribution in [0.5, 0.6) is 0 Å². The van der Waals surface area contributed by atoms with Crippen LogP contribution in [0, 0.1) is 0 Å². The van der Waals surface area contributed by atoms with Crippen LogP contribution in [0.25, 0.3) is 0 Å². The second kappa shape index (κ2) is 6.10. The van der Waals surface area contributed by atoms with E-state index in [4.69, 9.17) is 21.1 Å². The maximum atomic E-state index is 12.2. The van der Waals surface area contributed by atoms with Gasteiger partial charge in [-0.05, 0) is 12.1 Å². The molecule has 1 aliphatic heterocycles. The Morgan fingerprint density at radius 2 is 2.00 bits per heavy atom. The van der Waals surface area contributed by atoms with Crippen LogP contribution in [0.1, 0.15) is 49.7 Å². The highest BCUT2D eigenvalue weighted by molar-refractivity contribution is 6.29. The number of halogens is 1. The van der Waals surface area contributed by atoms with Crippen molar-refractivity contribution in [3.63, 3.8) is 0 Å². The summed E-state index contributed by atoms with van der Waals surface area (Å²) in [5.74, 6) is -0.341. The largest absolute Gasteiger partial charge is 0.459 e. The van der Waals surface area contributed by atoms with Crippen molar-refractivity contribution in [1.82, 2.24) is 4.98 Å². The summed E-state index contributed by atoms with van der Waals surface area (Å²) >= 11 is 6.00. The second-order valence-electron chi connectivity index (χ2n) is 6.03. The van der Waals surface area contributed by atoms with Crippen molar-refractivity contribution in [3.8, 4) is 0 Å². The van der Waals surface area contributed by atoms with Gasteiger partial charge in [0, 0.05) is 24.0 Å². The zero-order chi connectivity index (χ0) is 14.8. The average Bonchev–Trinajstić information content (AvgIpc) is 2.38. The van der Waals surface area contributed by atoms with Crippen LogP contribution in [-0.2, 0) is 14.9 Å². The van der Waals surface area contributed by atoms with Crippen molar-refractivity contribution >= 4 is 17.6 Å². The minimum Gasteiger partial charge on any atom is -0.459 e. The van der Waals surface area contributed by atoms with Crippen LogP contribution in [0.3, 0.4) is 0 Å². The van der Waals surface area contributed by atoms with Crippen molar-refractivity contribution in [2.45, 2.75) is 45.1 Å². The third-order valence-corrected chi connectivity index (χ3v) is 3.43. The Hall–Kier alpha value is -1.13. The molecule has 1 aliphatic rings. The summed E-state index contributed by atoms with van der Waals surface area (Å²) in [4.78, 5) is 16.5. The molecule has 0 aromatic carbocycles. The van der Waals surface area contributed by atoms with Crippen LogP contribution in [0.2, 0.25) is 5.15 Å². The molecular weight excluding hydrogens is 278 g/mol. The highest BCUT2D eigenvalue weighted by Gasteiger charge is 2.22. The van der Waals surface area contributed by atoms with Crippen LogP contribution in [0.4, 0.5) is 0 Å². The predicted molar refractivity (Wildman–Crippen MR) is 77.2 cm³/mol. The van der Waals surface area contributed by atoms with Gasteiger partial charge in [0.15, 0.2) is 0 Å². The monoisotopic (exact) mass is 297 g/mol. The summed E-state index contributed by atoms with van der Waals surface area (Å²) in [6.45, 7) is 7.36.